The summed E-state index contributed by atoms with van der Waals surface area (Å²) in [5.41, 5.74) is 2.04. The molecule has 2 aromatic rings. The minimum absolute atomic E-state index is 0.0191. The maximum atomic E-state index is 12.7. The van der Waals surface area contributed by atoms with Crippen molar-refractivity contribution in [2.45, 2.75) is 32.7 Å². The topological polar surface area (TPSA) is 61.9 Å². The van der Waals surface area contributed by atoms with Gasteiger partial charge in [0.15, 0.2) is 6.61 Å². The fraction of sp³-hybridized carbons (Fsp3) is 0.440. The molecule has 2 amide bonds. The number of piperazine rings is 1. The van der Waals surface area contributed by atoms with Gasteiger partial charge in [0.05, 0.1) is 6.54 Å². The molecule has 0 aliphatic carbocycles. The van der Waals surface area contributed by atoms with Crippen molar-refractivity contribution >= 4 is 11.8 Å². The molecule has 0 atom stereocenters. The third-order valence-corrected chi connectivity index (χ3v) is 5.17. The summed E-state index contributed by atoms with van der Waals surface area (Å²) in [4.78, 5) is 28.7. The molecule has 0 radical (unpaired) electrons. The molecule has 1 N–H and O–H groups in total. The zero-order valence-electron chi connectivity index (χ0n) is 18.8. The lowest BCUT2D eigenvalue weighted by Crippen LogP contribution is -2.53. The van der Waals surface area contributed by atoms with Crippen LogP contribution >= 0.6 is 0 Å². The molecule has 6 nitrogen and oxygen atoms in total. The predicted molar refractivity (Wildman–Crippen MR) is 122 cm³/mol. The van der Waals surface area contributed by atoms with Gasteiger partial charge in [-0.2, -0.15) is 0 Å². The van der Waals surface area contributed by atoms with Gasteiger partial charge in [-0.3, -0.25) is 14.5 Å². The number of hydrogen-bond acceptors (Lipinski definition) is 4. The molecule has 1 saturated heterocycles. The van der Waals surface area contributed by atoms with Crippen LogP contribution in [0.4, 0.5) is 0 Å². The first-order valence-corrected chi connectivity index (χ1v) is 10.9. The molecule has 0 unspecified atom stereocenters. The summed E-state index contributed by atoms with van der Waals surface area (Å²) in [5, 5.41) is 2.98. The van der Waals surface area contributed by atoms with E-state index in [0.717, 1.165) is 17.7 Å². The second kappa shape index (κ2) is 10.4. The van der Waals surface area contributed by atoms with Crippen molar-refractivity contribution < 1.29 is 14.3 Å². The van der Waals surface area contributed by atoms with Gasteiger partial charge >= 0.3 is 0 Å². The van der Waals surface area contributed by atoms with Crippen molar-refractivity contribution in [3.63, 3.8) is 0 Å². The molecule has 1 heterocycles. The fourth-order valence-corrected chi connectivity index (χ4v) is 3.65. The van der Waals surface area contributed by atoms with E-state index in [1.165, 1.54) is 5.56 Å². The Morgan fingerprint density at radius 1 is 0.935 bits per heavy atom. The largest absolute Gasteiger partial charge is 0.483 e. The maximum absolute atomic E-state index is 12.7. The van der Waals surface area contributed by atoms with Crippen LogP contribution in [0.3, 0.4) is 0 Å². The zero-order valence-corrected chi connectivity index (χ0v) is 18.8. The number of benzene rings is 2. The smallest absolute Gasteiger partial charge is 0.260 e. The molecule has 6 heteroatoms. The molecule has 3 rings (SSSR count). The fourth-order valence-electron chi connectivity index (χ4n) is 3.65. The Kier molecular flexibility index (Phi) is 7.69. The van der Waals surface area contributed by atoms with Gasteiger partial charge in [-0.05, 0) is 38.0 Å². The van der Waals surface area contributed by atoms with E-state index in [1.54, 1.807) is 0 Å². The van der Waals surface area contributed by atoms with Crippen LogP contribution < -0.4 is 10.1 Å². The Hall–Kier alpha value is -2.86. The van der Waals surface area contributed by atoms with Crippen LogP contribution in [0.5, 0.6) is 5.75 Å². The highest BCUT2D eigenvalue weighted by Crippen LogP contribution is 2.21. The Bertz CT molecular complexity index is 869. The van der Waals surface area contributed by atoms with E-state index < -0.39 is 0 Å². The standard InChI is InChI=1S/C25H33N3O3/c1-25(2,3)26-23(29)18-27-13-15-28(16-14-27)24(30)19-31-22-12-8-7-11-21(22)17-20-9-5-4-6-10-20/h4-12H,13-19H2,1-3H3,(H,26,29). The average molecular weight is 424 g/mol. The number of ether oxygens (including phenoxy) is 1. The molecule has 1 aliphatic heterocycles. The maximum Gasteiger partial charge on any atom is 0.260 e. The lowest BCUT2D eigenvalue weighted by Gasteiger charge is -2.34. The number of rotatable bonds is 7. The molecular formula is C25H33N3O3. The first kappa shape index (κ1) is 22.8. The highest BCUT2D eigenvalue weighted by atomic mass is 16.5. The normalized spacial score (nSPS) is 14.9. The molecule has 0 aromatic heterocycles. The van der Waals surface area contributed by atoms with Crippen LogP contribution in [0.2, 0.25) is 0 Å². The van der Waals surface area contributed by atoms with Gasteiger partial charge in [0.25, 0.3) is 5.91 Å². The quantitative estimate of drug-likeness (QED) is 0.744. The SMILES string of the molecule is CC(C)(C)NC(=O)CN1CCN(C(=O)COc2ccccc2Cc2ccccc2)CC1. The lowest BCUT2D eigenvalue weighted by molar-refractivity contribution is -0.135. The van der Waals surface area contributed by atoms with Gasteiger partial charge in [0, 0.05) is 38.1 Å². The lowest BCUT2D eigenvalue weighted by atomic mass is 10.0. The molecule has 1 fully saturated rings. The number of nitrogens with one attached hydrogen (secondary N) is 1. The monoisotopic (exact) mass is 423 g/mol. The van der Waals surface area contributed by atoms with Crippen LogP contribution in [0.25, 0.3) is 0 Å². The number of nitrogens with zero attached hydrogens (tertiary/aromatic N) is 2. The second-order valence-corrected chi connectivity index (χ2v) is 9.01. The van der Waals surface area contributed by atoms with Crippen molar-refractivity contribution in [3.8, 4) is 5.75 Å². The van der Waals surface area contributed by atoms with Crippen molar-refractivity contribution in [2.75, 3.05) is 39.3 Å². The zero-order chi connectivity index (χ0) is 22.3. The number of hydrogen-bond donors (Lipinski definition) is 1. The predicted octanol–water partition coefficient (Wildman–Crippen LogP) is 2.72. The van der Waals surface area contributed by atoms with Crippen LogP contribution in [-0.4, -0.2) is 66.5 Å². The average Bonchev–Trinajstić information content (AvgIpc) is 2.73. The van der Waals surface area contributed by atoms with Crippen molar-refractivity contribution in [1.29, 1.82) is 0 Å². The summed E-state index contributed by atoms with van der Waals surface area (Å²) < 4.78 is 5.90. The second-order valence-electron chi connectivity index (χ2n) is 9.01. The summed E-state index contributed by atoms with van der Waals surface area (Å²) in [6.45, 7) is 8.90. The van der Waals surface area contributed by atoms with Crippen LogP contribution in [0.15, 0.2) is 54.6 Å². The van der Waals surface area contributed by atoms with E-state index in [0.29, 0.717) is 32.7 Å². The summed E-state index contributed by atoms with van der Waals surface area (Å²) in [5.74, 6) is 0.746. The van der Waals surface area contributed by atoms with E-state index in [-0.39, 0.29) is 24.0 Å². The highest BCUT2D eigenvalue weighted by Gasteiger charge is 2.24. The minimum atomic E-state index is -0.233. The van der Waals surface area contributed by atoms with E-state index in [1.807, 2.05) is 68.1 Å². The number of carbonyl (C=O) groups is 2. The first-order chi connectivity index (χ1) is 14.8. The third kappa shape index (κ3) is 7.40. The van der Waals surface area contributed by atoms with E-state index in [9.17, 15) is 9.59 Å². The summed E-state index contributed by atoms with van der Waals surface area (Å²) >= 11 is 0. The number of carbonyl (C=O) groups excluding carboxylic acids is 2. The highest BCUT2D eigenvalue weighted by molar-refractivity contribution is 5.79. The molecule has 0 saturated carbocycles. The van der Waals surface area contributed by atoms with E-state index >= 15 is 0 Å². The Balaban J connectivity index is 1.46. The Labute approximate surface area is 185 Å². The van der Waals surface area contributed by atoms with E-state index in [2.05, 4.69) is 22.3 Å². The van der Waals surface area contributed by atoms with Gasteiger partial charge < -0.3 is 15.0 Å². The first-order valence-electron chi connectivity index (χ1n) is 10.9. The number of para-hydroxylation sites is 1. The van der Waals surface area contributed by atoms with Gasteiger partial charge in [-0.15, -0.1) is 0 Å². The van der Waals surface area contributed by atoms with Crippen LogP contribution in [0, 0.1) is 0 Å². The van der Waals surface area contributed by atoms with Crippen molar-refractivity contribution in [2.24, 2.45) is 0 Å². The van der Waals surface area contributed by atoms with Gasteiger partial charge in [-0.1, -0.05) is 48.5 Å². The third-order valence-electron chi connectivity index (χ3n) is 5.17. The van der Waals surface area contributed by atoms with Crippen LogP contribution in [-0.2, 0) is 16.0 Å². The Morgan fingerprint density at radius 3 is 2.26 bits per heavy atom. The van der Waals surface area contributed by atoms with Gasteiger partial charge in [-0.25, -0.2) is 0 Å². The minimum Gasteiger partial charge on any atom is -0.483 e. The Morgan fingerprint density at radius 2 is 1.58 bits per heavy atom. The molecule has 0 bridgehead atoms. The molecule has 1 aliphatic rings. The molecule has 31 heavy (non-hydrogen) atoms. The van der Waals surface area contributed by atoms with E-state index in [4.69, 9.17) is 4.74 Å². The summed E-state index contributed by atoms with van der Waals surface area (Å²) in [7, 11) is 0. The molecule has 2 aromatic carbocycles. The summed E-state index contributed by atoms with van der Waals surface area (Å²) in [6.07, 6.45) is 0.764. The summed E-state index contributed by atoms with van der Waals surface area (Å²) in [6, 6.07) is 18.1. The number of amides is 2. The van der Waals surface area contributed by atoms with Crippen molar-refractivity contribution in [3.05, 3.63) is 65.7 Å². The molecule has 166 valence electrons. The van der Waals surface area contributed by atoms with Crippen molar-refractivity contribution in [1.82, 2.24) is 15.1 Å². The van der Waals surface area contributed by atoms with Crippen LogP contribution in [0.1, 0.15) is 31.9 Å². The van der Waals surface area contributed by atoms with Gasteiger partial charge in [0.2, 0.25) is 5.91 Å². The molecular weight excluding hydrogens is 390 g/mol. The van der Waals surface area contributed by atoms with Gasteiger partial charge in [0.1, 0.15) is 5.75 Å². The molecule has 0 spiro atoms.